The number of hydrogen-bond acceptors (Lipinski definition) is 5. The second kappa shape index (κ2) is 6.98. The predicted octanol–water partition coefficient (Wildman–Crippen LogP) is 1.19. The molecule has 0 bridgehead atoms. The SMILES string of the molecule is COCCn1ccnc1-c1nccn1-c1c(C)nn(CCO)c1C. The number of aliphatic hydroxyl groups excluding tert-OH is 1. The van der Waals surface area contributed by atoms with Gasteiger partial charge in [-0.25, -0.2) is 9.97 Å². The van der Waals surface area contributed by atoms with Gasteiger partial charge in [0.05, 0.1) is 36.8 Å². The maximum atomic E-state index is 9.19. The van der Waals surface area contributed by atoms with Crippen LogP contribution in [-0.2, 0) is 17.8 Å². The van der Waals surface area contributed by atoms with Crippen LogP contribution in [0, 0.1) is 13.8 Å². The van der Waals surface area contributed by atoms with Crippen molar-refractivity contribution >= 4 is 0 Å². The van der Waals surface area contributed by atoms with Gasteiger partial charge in [0.25, 0.3) is 0 Å². The molecule has 3 aromatic heterocycles. The van der Waals surface area contributed by atoms with Gasteiger partial charge in [0.15, 0.2) is 11.6 Å². The summed E-state index contributed by atoms with van der Waals surface area (Å²) in [5.74, 6) is 1.54. The van der Waals surface area contributed by atoms with E-state index in [0.717, 1.165) is 28.7 Å². The monoisotopic (exact) mass is 330 g/mol. The Labute approximate surface area is 140 Å². The van der Waals surface area contributed by atoms with Gasteiger partial charge in [-0.05, 0) is 13.8 Å². The molecule has 1 N–H and O–H groups in total. The quantitative estimate of drug-likeness (QED) is 0.703. The number of ether oxygens (including phenoxy) is 1. The van der Waals surface area contributed by atoms with Crippen molar-refractivity contribution in [2.24, 2.45) is 0 Å². The van der Waals surface area contributed by atoms with E-state index in [1.807, 2.05) is 40.1 Å². The molecule has 0 radical (unpaired) electrons. The number of rotatable bonds is 7. The molecule has 0 unspecified atom stereocenters. The van der Waals surface area contributed by atoms with Crippen LogP contribution in [0.15, 0.2) is 24.8 Å². The third-order valence-electron chi connectivity index (χ3n) is 3.99. The second-order valence-corrected chi connectivity index (χ2v) is 5.52. The fourth-order valence-corrected chi connectivity index (χ4v) is 2.88. The zero-order valence-electron chi connectivity index (χ0n) is 14.2. The average Bonchev–Trinajstić information content (AvgIpc) is 3.25. The van der Waals surface area contributed by atoms with Gasteiger partial charge < -0.3 is 14.4 Å². The second-order valence-electron chi connectivity index (χ2n) is 5.52. The summed E-state index contributed by atoms with van der Waals surface area (Å²) in [4.78, 5) is 8.95. The fourth-order valence-electron chi connectivity index (χ4n) is 2.88. The highest BCUT2D eigenvalue weighted by atomic mass is 16.5. The van der Waals surface area contributed by atoms with Crippen molar-refractivity contribution in [3.63, 3.8) is 0 Å². The molecule has 3 aromatic rings. The van der Waals surface area contributed by atoms with E-state index >= 15 is 0 Å². The summed E-state index contributed by atoms with van der Waals surface area (Å²) >= 11 is 0. The molecule has 0 aliphatic carbocycles. The molecule has 3 heterocycles. The van der Waals surface area contributed by atoms with Gasteiger partial charge in [0.2, 0.25) is 0 Å². The minimum Gasteiger partial charge on any atom is -0.394 e. The third kappa shape index (κ3) is 2.85. The summed E-state index contributed by atoms with van der Waals surface area (Å²) in [5.41, 5.74) is 2.84. The molecule has 3 rings (SSSR count). The number of hydrogen-bond donors (Lipinski definition) is 1. The summed E-state index contributed by atoms with van der Waals surface area (Å²) < 4.78 is 11.0. The maximum absolute atomic E-state index is 9.19. The lowest BCUT2D eigenvalue weighted by Gasteiger charge is -2.10. The lowest BCUT2D eigenvalue weighted by molar-refractivity contribution is 0.187. The molecule has 24 heavy (non-hydrogen) atoms. The smallest absolute Gasteiger partial charge is 0.181 e. The first-order chi connectivity index (χ1) is 11.7. The van der Waals surface area contributed by atoms with E-state index in [9.17, 15) is 5.11 Å². The third-order valence-corrected chi connectivity index (χ3v) is 3.99. The van der Waals surface area contributed by atoms with Crippen LogP contribution in [0.25, 0.3) is 17.3 Å². The molecule has 0 aliphatic heterocycles. The van der Waals surface area contributed by atoms with Crippen molar-refractivity contribution < 1.29 is 9.84 Å². The topological polar surface area (TPSA) is 82.9 Å². The van der Waals surface area contributed by atoms with Crippen LogP contribution in [0.5, 0.6) is 0 Å². The number of imidazole rings is 2. The van der Waals surface area contributed by atoms with Crippen LogP contribution in [0.2, 0.25) is 0 Å². The standard InChI is InChI=1S/C16H22N6O2/c1-12-14(13(2)22(19-12)8-10-23)21-7-5-18-16(21)15-17-4-6-20(15)9-11-24-3/h4-7,23H,8-11H2,1-3H3. The van der Waals surface area contributed by atoms with E-state index in [-0.39, 0.29) is 6.61 Å². The Morgan fingerprint density at radius 3 is 2.58 bits per heavy atom. The van der Waals surface area contributed by atoms with Crippen LogP contribution in [0.3, 0.4) is 0 Å². The van der Waals surface area contributed by atoms with Gasteiger partial charge in [0, 0.05) is 38.4 Å². The Morgan fingerprint density at radius 1 is 1.08 bits per heavy atom. The molecule has 128 valence electrons. The van der Waals surface area contributed by atoms with Gasteiger partial charge in [-0.3, -0.25) is 9.25 Å². The van der Waals surface area contributed by atoms with Crippen molar-refractivity contribution in [2.75, 3.05) is 20.3 Å². The minimum atomic E-state index is 0.0552. The van der Waals surface area contributed by atoms with Crippen LogP contribution in [-0.4, -0.2) is 54.3 Å². The number of aliphatic hydroxyl groups is 1. The highest BCUT2D eigenvalue weighted by Gasteiger charge is 2.19. The summed E-state index contributed by atoms with van der Waals surface area (Å²) in [6, 6.07) is 0. The Morgan fingerprint density at radius 2 is 1.83 bits per heavy atom. The summed E-state index contributed by atoms with van der Waals surface area (Å²) in [6.07, 6.45) is 7.35. The Balaban J connectivity index is 2.05. The van der Waals surface area contributed by atoms with Gasteiger partial charge in [-0.2, -0.15) is 5.10 Å². The predicted molar refractivity (Wildman–Crippen MR) is 89.0 cm³/mol. The van der Waals surface area contributed by atoms with Crippen molar-refractivity contribution in [3.05, 3.63) is 36.2 Å². The van der Waals surface area contributed by atoms with Crippen LogP contribution < -0.4 is 0 Å². The number of aryl methyl sites for hydroxylation is 1. The van der Waals surface area contributed by atoms with E-state index in [1.54, 1.807) is 19.5 Å². The normalized spacial score (nSPS) is 11.3. The van der Waals surface area contributed by atoms with E-state index in [1.165, 1.54) is 0 Å². The highest BCUT2D eigenvalue weighted by Crippen LogP contribution is 2.25. The zero-order valence-corrected chi connectivity index (χ0v) is 14.2. The molecule has 0 aliphatic rings. The molecule has 0 saturated heterocycles. The molecule has 0 atom stereocenters. The Kier molecular flexibility index (Phi) is 4.77. The van der Waals surface area contributed by atoms with E-state index in [0.29, 0.717) is 19.7 Å². The molecule has 0 aromatic carbocycles. The first-order valence-corrected chi connectivity index (χ1v) is 7.86. The lowest BCUT2D eigenvalue weighted by atomic mass is 10.3. The zero-order chi connectivity index (χ0) is 17.1. The van der Waals surface area contributed by atoms with Crippen LogP contribution in [0.4, 0.5) is 0 Å². The molecule has 0 saturated carbocycles. The van der Waals surface area contributed by atoms with Gasteiger partial charge in [-0.15, -0.1) is 0 Å². The first-order valence-electron chi connectivity index (χ1n) is 7.86. The molecule has 0 fully saturated rings. The van der Waals surface area contributed by atoms with Gasteiger partial charge >= 0.3 is 0 Å². The Bertz CT molecular complexity index is 817. The highest BCUT2D eigenvalue weighted by molar-refractivity contribution is 5.53. The largest absolute Gasteiger partial charge is 0.394 e. The number of methoxy groups -OCH3 is 1. The number of aromatic nitrogens is 6. The average molecular weight is 330 g/mol. The van der Waals surface area contributed by atoms with Gasteiger partial charge in [-0.1, -0.05) is 0 Å². The molecule has 8 nitrogen and oxygen atoms in total. The summed E-state index contributed by atoms with van der Waals surface area (Å²) in [6.45, 7) is 5.79. The van der Waals surface area contributed by atoms with Crippen molar-refractivity contribution in [3.8, 4) is 17.3 Å². The van der Waals surface area contributed by atoms with Crippen LogP contribution in [0.1, 0.15) is 11.4 Å². The Hall–Kier alpha value is -2.45. The molecule has 0 amide bonds. The molecular weight excluding hydrogens is 308 g/mol. The van der Waals surface area contributed by atoms with E-state index in [2.05, 4.69) is 15.1 Å². The summed E-state index contributed by atoms with van der Waals surface area (Å²) in [7, 11) is 1.68. The number of nitrogens with zero attached hydrogens (tertiary/aromatic N) is 6. The van der Waals surface area contributed by atoms with E-state index in [4.69, 9.17) is 4.74 Å². The van der Waals surface area contributed by atoms with E-state index < -0.39 is 0 Å². The maximum Gasteiger partial charge on any atom is 0.181 e. The van der Waals surface area contributed by atoms with Crippen LogP contribution >= 0.6 is 0 Å². The van der Waals surface area contributed by atoms with Crippen molar-refractivity contribution in [1.82, 2.24) is 28.9 Å². The van der Waals surface area contributed by atoms with Gasteiger partial charge in [0.1, 0.15) is 0 Å². The van der Waals surface area contributed by atoms with Crippen molar-refractivity contribution in [2.45, 2.75) is 26.9 Å². The van der Waals surface area contributed by atoms with Crippen molar-refractivity contribution in [1.29, 1.82) is 0 Å². The lowest BCUT2D eigenvalue weighted by Crippen LogP contribution is -2.09. The molecule has 0 spiro atoms. The first kappa shape index (κ1) is 16.4. The summed E-state index contributed by atoms with van der Waals surface area (Å²) in [5, 5.41) is 13.7. The molecule has 8 heteroatoms. The fraction of sp³-hybridized carbons (Fsp3) is 0.438. The minimum absolute atomic E-state index is 0.0552. The molecular formula is C16H22N6O2.